The zero-order valence-corrected chi connectivity index (χ0v) is 24.8. The number of nitrogens with zero attached hydrogens (tertiary/aromatic N) is 1. The molecule has 2 N–H and O–H groups in total. The van der Waals surface area contributed by atoms with E-state index in [1.165, 1.54) is 11.3 Å². The number of thiophene rings is 1. The minimum Gasteiger partial charge on any atom is -0.465 e. The van der Waals surface area contributed by atoms with E-state index in [2.05, 4.69) is 0 Å². The molecule has 10 heteroatoms. The van der Waals surface area contributed by atoms with Crippen LogP contribution in [0, 0.1) is 5.92 Å². The number of hydrogen-bond acceptors (Lipinski definition) is 8. The molecule has 0 spiro atoms. The summed E-state index contributed by atoms with van der Waals surface area (Å²) in [6, 6.07) is 18.0. The first-order valence-electron chi connectivity index (χ1n) is 13.2. The Labute approximate surface area is 252 Å². The molecule has 0 bridgehead atoms. The normalized spacial score (nSPS) is 20.6. The maximum atomic E-state index is 14.7. The van der Waals surface area contributed by atoms with E-state index in [1.807, 2.05) is 47.8 Å². The molecular formula is C31H28Cl2N2O5S. The van der Waals surface area contributed by atoms with Gasteiger partial charge in [-0.05, 0) is 55.5 Å². The number of para-hydroxylation sites is 1. The van der Waals surface area contributed by atoms with Crippen molar-refractivity contribution < 1.29 is 23.9 Å². The average Bonchev–Trinajstić information content (AvgIpc) is 3.49. The summed E-state index contributed by atoms with van der Waals surface area (Å²) in [4.78, 5) is 44.4. The van der Waals surface area contributed by atoms with Gasteiger partial charge >= 0.3 is 11.9 Å². The van der Waals surface area contributed by atoms with Gasteiger partial charge in [0.25, 0.3) is 0 Å². The second-order valence-electron chi connectivity index (χ2n) is 9.55. The molecular weight excluding hydrogens is 583 g/mol. The van der Waals surface area contributed by atoms with Gasteiger partial charge in [0.2, 0.25) is 0 Å². The van der Waals surface area contributed by atoms with Crippen LogP contribution in [0.15, 0.2) is 88.7 Å². The first-order valence-corrected chi connectivity index (χ1v) is 14.9. The molecule has 2 heterocycles. The van der Waals surface area contributed by atoms with Crippen LogP contribution in [-0.2, 0) is 23.9 Å². The number of anilines is 1. The maximum absolute atomic E-state index is 14.7. The number of benzene rings is 2. The van der Waals surface area contributed by atoms with E-state index in [9.17, 15) is 14.4 Å². The molecule has 1 aliphatic heterocycles. The highest BCUT2D eigenvalue weighted by atomic mass is 35.5. The highest BCUT2D eigenvalue weighted by Crippen LogP contribution is 2.53. The smallest absolute Gasteiger partial charge is 0.338 e. The van der Waals surface area contributed by atoms with Crippen LogP contribution in [0.4, 0.5) is 5.69 Å². The van der Waals surface area contributed by atoms with E-state index in [0.717, 1.165) is 4.88 Å². The van der Waals surface area contributed by atoms with E-state index in [4.69, 9.17) is 38.4 Å². The summed E-state index contributed by atoms with van der Waals surface area (Å²) in [5, 5.41) is 2.33. The quantitative estimate of drug-likeness (QED) is 0.238. The monoisotopic (exact) mass is 610 g/mol. The van der Waals surface area contributed by atoms with Gasteiger partial charge in [-0.25, -0.2) is 4.79 Å². The van der Waals surface area contributed by atoms with Crippen molar-refractivity contribution in [3.63, 3.8) is 0 Å². The number of carbonyl (C=O) groups is 3. The van der Waals surface area contributed by atoms with Crippen LogP contribution in [0.1, 0.15) is 42.5 Å². The summed E-state index contributed by atoms with van der Waals surface area (Å²) in [7, 11) is 0. The molecule has 7 nitrogen and oxygen atoms in total. The van der Waals surface area contributed by atoms with Crippen molar-refractivity contribution in [3.8, 4) is 0 Å². The summed E-state index contributed by atoms with van der Waals surface area (Å²) in [5.41, 5.74) is 8.78. The summed E-state index contributed by atoms with van der Waals surface area (Å²) >= 11 is 14.6. The zero-order chi connectivity index (χ0) is 29.3. The standard InChI is InChI=1S/C31H28Cl2N2O5S/c1-3-39-30(37)24-19(22-14-9-15-41-22)16-21-25(28(24)36)23(18-12-8-13-20(32)27(18)33)26(31(38)40-4-2)29(34)35(21)17-10-6-5-7-11-17/h5-15,19,23-24H,3-4,16,34H2,1-2H3/t19-,23+,24+/m1/s1. The Kier molecular flexibility index (Phi) is 8.54. The van der Waals surface area contributed by atoms with Gasteiger partial charge in [-0.2, -0.15) is 0 Å². The average molecular weight is 612 g/mol. The molecule has 5 rings (SSSR count). The third kappa shape index (κ3) is 5.16. The molecule has 1 aliphatic carbocycles. The zero-order valence-electron chi connectivity index (χ0n) is 22.4. The molecule has 2 aromatic carbocycles. The number of carbonyl (C=O) groups excluding carboxylic acids is 3. The van der Waals surface area contributed by atoms with Gasteiger partial charge < -0.3 is 15.2 Å². The molecule has 0 unspecified atom stereocenters. The third-order valence-electron chi connectivity index (χ3n) is 7.29. The minimum absolute atomic E-state index is 0.0455. The van der Waals surface area contributed by atoms with Crippen LogP contribution in [-0.4, -0.2) is 30.9 Å². The van der Waals surface area contributed by atoms with E-state index in [0.29, 0.717) is 16.9 Å². The van der Waals surface area contributed by atoms with E-state index in [1.54, 1.807) is 36.9 Å². The van der Waals surface area contributed by atoms with Gasteiger partial charge in [0.1, 0.15) is 11.7 Å². The van der Waals surface area contributed by atoms with Gasteiger partial charge in [0.15, 0.2) is 5.78 Å². The molecule has 3 aromatic rings. The second-order valence-corrected chi connectivity index (χ2v) is 11.3. The first kappa shape index (κ1) is 28.9. The molecule has 0 radical (unpaired) electrons. The Hall–Kier alpha value is -3.59. The minimum atomic E-state index is -1.13. The molecule has 41 heavy (non-hydrogen) atoms. The van der Waals surface area contributed by atoms with Crippen LogP contribution >= 0.6 is 34.5 Å². The number of halogens is 2. The molecule has 0 saturated carbocycles. The number of ketones is 1. The lowest BCUT2D eigenvalue weighted by atomic mass is 9.68. The third-order valence-corrected chi connectivity index (χ3v) is 9.13. The van der Waals surface area contributed by atoms with Crippen LogP contribution in [0.25, 0.3) is 0 Å². The molecule has 0 amide bonds. The van der Waals surface area contributed by atoms with Crippen molar-refractivity contribution in [1.82, 2.24) is 0 Å². The van der Waals surface area contributed by atoms with Crippen molar-refractivity contribution in [3.05, 3.63) is 109 Å². The number of ether oxygens (including phenoxy) is 2. The summed E-state index contributed by atoms with van der Waals surface area (Å²) < 4.78 is 10.9. The number of allylic oxidation sites excluding steroid dienone is 2. The molecule has 0 saturated heterocycles. The molecule has 0 fully saturated rings. The fourth-order valence-electron chi connectivity index (χ4n) is 5.64. The number of hydrogen-bond donors (Lipinski definition) is 1. The SMILES string of the molecule is CCOC(=O)C1=C(N)N(c2ccccc2)C2=C(C(=O)[C@@H](C(=O)OCC)[C@@H](c3cccs3)C2)[C@@H]1c1cccc(Cl)c1Cl. The molecule has 2 aliphatic rings. The van der Waals surface area contributed by atoms with Gasteiger partial charge in [-0.3, -0.25) is 14.5 Å². The van der Waals surface area contributed by atoms with Crippen molar-refractivity contribution in [2.75, 3.05) is 18.1 Å². The summed E-state index contributed by atoms with van der Waals surface area (Å²) in [6.07, 6.45) is 0.283. The maximum Gasteiger partial charge on any atom is 0.338 e. The fraction of sp³-hybridized carbons (Fsp3) is 0.258. The topological polar surface area (TPSA) is 98.9 Å². The number of Topliss-reactive ketones (excluding diaryl/α,β-unsaturated/α-hetero) is 1. The number of rotatable bonds is 7. The van der Waals surface area contributed by atoms with Gasteiger partial charge in [-0.1, -0.05) is 59.6 Å². The van der Waals surface area contributed by atoms with Crippen molar-refractivity contribution >= 4 is 57.9 Å². The van der Waals surface area contributed by atoms with Crippen molar-refractivity contribution in [1.29, 1.82) is 0 Å². The molecule has 1 aromatic heterocycles. The van der Waals surface area contributed by atoms with Crippen LogP contribution < -0.4 is 10.6 Å². The number of esters is 2. The van der Waals surface area contributed by atoms with Crippen molar-refractivity contribution in [2.24, 2.45) is 11.7 Å². The first-order chi connectivity index (χ1) is 19.8. The Morgan fingerprint density at radius 2 is 1.73 bits per heavy atom. The molecule has 212 valence electrons. The summed E-state index contributed by atoms with van der Waals surface area (Å²) in [5.74, 6) is -4.32. The summed E-state index contributed by atoms with van der Waals surface area (Å²) in [6.45, 7) is 3.59. The second kappa shape index (κ2) is 12.1. The van der Waals surface area contributed by atoms with Gasteiger partial charge in [0.05, 0.1) is 34.8 Å². The fourth-order valence-corrected chi connectivity index (χ4v) is 6.92. The number of nitrogens with two attached hydrogens (primary N) is 1. The van der Waals surface area contributed by atoms with E-state index >= 15 is 0 Å². The Morgan fingerprint density at radius 1 is 1.00 bits per heavy atom. The Balaban J connectivity index is 1.84. The molecule has 3 atom stereocenters. The van der Waals surface area contributed by atoms with Crippen LogP contribution in [0.3, 0.4) is 0 Å². The van der Waals surface area contributed by atoms with Crippen LogP contribution in [0.5, 0.6) is 0 Å². The van der Waals surface area contributed by atoms with E-state index in [-0.39, 0.29) is 46.6 Å². The predicted octanol–water partition coefficient (Wildman–Crippen LogP) is 6.58. The largest absolute Gasteiger partial charge is 0.465 e. The highest BCUT2D eigenvalue weighted by Gasteiger charge is 2.52. The van der Waals surface area contributed by atoms with Gasteiger partial charge in [-0.15, -0.1) is 11.3 Å². The van der Waals surface area contributed by atoms with Crippen molar-refractivity contribution in [2.45, 2.75) is 32.1 Å². The highest BCUT2D eigenvalue weighted by molar-refractivity contribution is 7.10. The Morgan fingerprint density at radius 3 is 2.39 bits per heavy atom. The van der Waals surface area contributed by atoms with Gasteiger partial charge in [0, 0.05) is 27.8 Å². The lowest BCUT2D eigenvalue weighted by Crippen LogP contribution is -2.46. The lowest BCUT2D eigenvalue weighted by molar-refractivity contribution is -0.152. The van der Waals surface area contributed by atoms with Crippen LogP contribution in [0.2, 0.25) is 10.0 Å². The lowest BCUT2D eigenvalue weighted by Gasteiger charge is -2.44. The predicted molar refractivity (Wildman–Crippen MR) is 160 cm³/mol. The van der Waals surface area contributed by atoms with E-state index < -0.39 is 35.5 Å². The Bertz CT molecular complexity index is 1550.